The minimum atomic E-state index is 0.192. The van der Waals surface area contributed by atoms with Gasteiger partial charge < -0.3 is 15.8 Å². The van der Waals surface area contributed by atoms with Crippen LogP contribution in [0, 0.1) is 0 Å². The van der Waals surface area contributed by atoms with E-state index in [1.807, 2.05) is 0 Å². The van der Waals surface area contributed by atoms with Crippen LogP contribution in [0.15, 0.2) is 0 Å². The Morgan fingerprint density at radius 1 is 1.35 bits per heavy atom. The van der Waals surface area contributed by atoms with Crippen LogP contribution in [0.4, 0.5) is 0 Å². The van der Waals surface area contributed by atoms with Crippen molar-refractivity contribution in [3.05, 3.63) is 0 Å². The molecule has 2 unspecified atom stereocenters. The molecule has 1 rings (SSSR count). The molecule has 1 heterocycles. The van der Waals surface area contributed by atoms with Crippen LogP contribution in [-0.2, 0) is 9.53 Å². The second-order valence-electron chi connectivity index (χ2n) is 4.92. The van der Waals surface area contributed by atoms with Crippen LogP contribution < -0.4 is 11.1 Å². The molecule has 4 heteroatoms. The lowest BCUT2D eigenvalue weighted by Gasteiger charge is -2.27. The highest BCUT2D eigenvalue weighted by molar-refractivity contribution is 5.76. The molecule has 17 heavy (non-hydrogen) atoms. The van der Waals surface area contributed by atoms with Crippen LogP contribution in [0.3, 0.4) is 0 Å². The molecule has 1 fully saturated rings. The summed E-state index contributed by atoms with van der Waals surface area (Å²) in [5.74, 6) is 0.192. The zero-order chi connectivity index (χ0) is 12.5. The SMILES string of the molecule is CC1CC(NC(=O)CCCCCCN)CCO1. The zero-order valence-corrected chi connectivity index (χ0v) is 10.9. The van der Waals surface area contributed by atoms with Gasteiger partial charge in [0.25, 0.3) is 0 Å². The van der Waals surface area contributed by atoms with Crippen molar-refractivity contribution in [3.8, 4) is 0 Å². The van der Waals surface area contributed by atoms with Crippen molar-refractivity contribution in [3.63, 3.8) is 0 Å². The second-order valence-corrected chi connectivity index (χ2v) is 4.92. The lowest BCUT2D eigenvalue weighted by molar-refractivity contribution is -0.122. The van der Waals surface area contributed by atoms with Gasteiger partial charge in [-0.2, -0.15) is 0 Å². The maximum atomic E-state index is 11.7. The fourth-order valence-corrected chi connectivity index (χ4v) is 2.21. The minimum absolute atomic E-state index is 0.192. The van der Waals surface area contributed by atoms with Gasteiger partial charge in [-0.3, -0.25) is 4.79 Å². The molecule has 0 spiro atoms. The molecule has 100 valence electrons. The van der Waals surface area contributed by atoms with Crippen molar-refractivity contribution in [2.24, 2.45) is 5.73 Å². The van der Waals surface area contributed by atoms with Crippen LogP contribution in [0.5, 0.6) is 0 Å². The van der Waals surface area contributed by atoms with Crippen LogP contribution in [-0.4, -0.2) is 31.2 Å². The average molecular weight is 242 g/mol. The van der Waals surface area contributed by atoms with Gasteiger partial charge in [-0.15, -0.1) is 0 Å². The standard InChI is InChI=1S/C13H26N2O2/c1-11-10-12(7-9-17-11)15-13(16)6-4-2-3-5-8-14/h11-12H,2-10,14H2,1H3,(H,15,16). The Labute approximate surface area is 104 Å². The summed E-state index contributed by atoms with van der Waals surface area (Å²) in [6.07, 6.45) is 7.10. The van der Waals surface area contributed by atoms with Gasteiger partial charge in [0.05, 0.1) is 6.10 Å². The molecule has 1 saturated heterocycles. The van der Waals surface area contributed by atoms with Crippen molar-refractivity contribution in [2.45, 2.75) is 64.0 Å². The highest BCUT2D eigenvalue weighted by Crippen LogP contribution is 2.13. The van der Waals surface area contributed by atoms with Crippen molar-refractivity contribution in [1.29, 1.82) is 0 Å². The summed E-state index contributed by atoms with van der Waals surface area (Å²) >= 11 is 0. The molecule has 0 aromatic rings. The van der Waals surface area contributed by atoms with E-state index in [1.165, 1.54) is 0 Å². The average Bonchev–Trinajstić information content (AvgIpc) is 2.29. The van der Waals surface area contributed by atoms with Crippen molar-refractivity contribution in [1.82, 2.24) is 5.32 Å². The van der Waals surface area contributed by atoms with Crippen molar-refractivity contribution in [2.75, 3.05) is 13.2 Å². The van der Waals surface area contributed by atoms with E-state index in [2.05, 4.69) is 12.2 Å². The Morgan fingerprint density at radius 2 is 2.12 bits per heavy atom. The summed E-state index contributed by atoms with van der Waals surface area (Å²) in [6, 6.07) is 0.315. The van der Waals surface area contributed by atoms with Gasteiger partial charge in [0.2, 0.25) is 5.91 Å². The van der Waals surface area contributed by atoms with E-state index in [0.717, 1.165) is 51.7 Å². The fraction of sp³-hybridized carbons (Fsp3) is 0.923. The van der Waals surface area contributed by atoms with E-state index >= 15 is 0 Å². The molecular weight excluding hydrogens is 216 g/mol. The quantitative estimate of drug-likeness (QED) is 0.666. The van der Waals surface area contributed by atoms with E-state index in [0.29, 0.717) is 12.5 Å². The number of hydrogen-bond acceptors (Lipinski definition) is 3. The topological polar surface area (TPSA) is 64.4 Å². The number of amides is 1. The lowest BCUT2D eigenvalue weighted by Crippen LogP contribution is -2.41. The third-order valence-corrected chi connectivity index (χ3v) is 3.21. The van der Waals surface area contributed by atoms with Gasteiger partial charge in [0.15, 0.2) is 0 Å². The van der Waals surface area contributed by atoms with E-state index < -0.39 is 0 Å². The van der Waals surface area contributed by atoms with Gasteiger partial charge in [-0.05, 0) is 39.2 Å². The summed E-state index contributed by atoms with van der Waals surface area (Å²) in [7, 11) is 0. The molecule has 1 amide bonds. The number of hydrogen-bond donors (Lipinski definition) is 2. The molecule has 0 saturated carbocycles. The molecular formula is C13H26N2O2. The van der Waals surface area contributed by atoms with Gasteiger partial charge in [0, 0.05) is 19.1 Å². The van der Waals surface area contributed by atoms with E-state index in [1.54, 1.807) is 0 Å². The first-order valence-corrected chi connectivity index (χ1v) is 6.83. The van der Waals surface area contributed by atoms with Crippen LogP contribution in [0.2, 0.25) is 0 Å². The fourth-order valence-electron chi connectivity index (χ4n) is 2.21. The highest BCUT2D eigenvalue weighted by atomic mass is 16.5. The molecule has 1 aliphatic heterocycles. The molecule has 0 aromatic carbocycles. The molecule has 0 radical (unpaired) electrons. The maximum Gasteiger partial charge on any atom is 0.220 e. The Hall–Kier alpha value is -0.610. The van der Waals surface area contributed by atoms with E-state index in [4.69, 9.17) is 10.5 Å². The number of carbonyl (C=O) groups is 1. The second kappa shape index (κ2) is 8.48. The molecule has 0 aliphatic carbocycles. The summed E-state index contributed by atoms with van der Waals surface area (Å²) in [5.41, 5.74) is 5.42. The first kappa shape index (κ1) is 14.5. The maximum absolute atomic E-state index is 11.7. The normalized spacial score (nSPS) is 24.6. The Kier molecular flexibility index (Phi) is 7.21. The van der Waals surface area contributed by atoms with Crippen LogP contribution >= 0.6 is 0 Å². The van der Waals surface area contributed by atoms with Crippen molar-refractivity contribution < 1.29 is 9.53 Å². The smallest absolute Gasteiger partial charge is 0.220 e. The predicted molar refractivity (Wildman–Crippen MR) is 68.7 cm³/mol. The Morgan fingerprint density at radius 3 is 2.82 bits per heavy atom. The summed E-state index contributed by atoms with van der Waals surface area (Å²) < 4.78 is 5.45. The first-order valence-electron chi connectivity index (χ1n) is 6.83. The lowest BCUT2D eigenvalue weighted by atomic mass is 10.0. The van der Waals surface area contributed by atoms with Crippen molar-refractivity contribution >= 4 is 5.91 Å². The molecule has 2 atom stereocenters. The third kappa shape index (κ3) is 6.64. The summed E-state index contributed by atoms with van der Waals surface area (Å²) in [5, 5.41) is 3.10. The third-order valence-electron chi connectivity index (χ3n) is 3.21. The predicted octanol–water partition coefficient (Wildman–Crippen LogP) is 1.58. The Balaban J connectivity index is 2.04. The Bertz CT molecular complexity index is 221. The van der Waals surface area contributed by atoms with Crippen LogP contribution in [0.1, 0.15) is 51.9 Å². The van der Waals surface area contributed by atoms with E-state index in [9.17, 15) is 4.79 Å². The number of nitrogens with two attached hydrogens (primary N) is 1. The van der Waals surface area contributed by atoms with E-state index in [-0.39, 0.29) is 12.0 Å². The monoisotopic (exact) mass is 242 g/mol. The summed E-state index contributed by atoms with van der Waals surface area (Å²) in [4.78, 5) is 11.7. The molecule has 0 bridgehead atoms. The summed E-state index contributed by atoms with van der Waals surface area (Å²) in [6.45, 7) is 3.58. The number of ether oxygens (including phenoxy) is 1. The first-order chi connectivity index (χ1) is 8.22. The highest BCUT2D eigenvalue weighted by Gasteiger charge is 2.20. The molecule has 4 nitrogen and oxygen atoms in total. The minimum Gasteiger partial charge on any atom is -0.378 e. The number of nitrogens with one attached hydrogen (secondary N) is 1. The van der Waals surface area contributed by atoms with Crippen LogP contribution in [0.25, 0.3) is 0 Å². The van der Waals surface area contributed by atoms with Gasteiger partial charge >= 0.3 is 0 Å². The number of rotatable bonds is 7. The van der Waals surface area contributed by atoms with Gasteiger partial charge in [-0.1, -0.05) is 12.8 Å². The number of unbranched alkanes of at least 4 members (excludes halogenated alkanes) is 3. The zero-order valence-electron chi connectivity index (χ0n) is 10.9. The van der Waals surface area contributed by atoms with Gasteiger partial charge in [-0.25, -0.2) is 0 Å². The molecule has 1 aliphatic rings. The molecule has 0 aromatic heterocycles. The largest absolute Gasteiger partial charge is 0.378 e. The molecule has 3 N–H and O–H groups in total. The van der Waals surface area contributed by atoms with Gasteiger partial charge in [0.1, 0.15) is 0 Å². The number of carbonyl (C=O) groups excluding carboxylic acids is 1.